The van der Waals surface area contributed by atoms with Crippen LogP contribution in [0.5, 0.6) is 0 Å². The van der Waals surface area contributed by atoms with E-state index < -0.39 is 0 Å². The average molecular weight is 407 g/mol. The Balaban J connectivity index is 1.60. The topological polar surface area (TPSA) is 84.0 Å². The molecule has 4 rings (SSSR count). The van der Waals surface area contributed by atoms with E-state index in [4.69, 9.17) is 0 Å². The standard InChI is InChI=1S/C22H22N4O2S/c27-20(16-5-4-10-24-14-16)26-22-19(17-6-2-1-3-7-18(17)29-22)21(28)25-13-15-8-11-23-12-9-15/h4-5,8-12,14H,1-3,6-7,13H2,(H,25,28)(H,26,27). The highest BCUT2D eigenvalue weighted by Crippen LogP contribution is 2.37. The van der Waals surface area contributed by atoms with Crippen LogP contribution in [0.2, 0.25) is 0 Å². The first-order chi connectivity index (χ1) is 14.2. The maximum Gasteiger partial charge on any atom is 0.257 e. The fourth-order valence-electron chi connectivity index (χ4n) is 3.51. The maximum absolute atomic E-state index is 13.1. The second kappa shape index (κ2) is 8.96. The molecule has 0 aliphatic heterocycles. The van der Waals surface area contributed by atoms with Crippen LogP contribution in [-0.4, -0.2) is 21.8 Å². The fraction of sp³-hybridized carbons (Fsp3) is 0.273. The van der Waals surface area contributed by atoms with E-state index in [0.717, 1.165) is 43.2 Å². The van der Waals surface area contributed by atoms with E-state index in [9.17, 15) is 9.59 Å². The van der Waals surface area contributed by atoms with Crippen LogP contribution in [0.1, 0.15) is 56.0 Å². The van der Waals surface area contributed by atoms with E-state index in [2.05, 4.69) is 20.6 Å². The van der Waals surface area contributed by atoms with Gasteiger partial charge in [-0.2, -0.15) is 0 Å². The Morgan fingerprint density at radius 2 is 1.79 bits per heavy atom. The number of amides is 2. The van der Waals surface area contributed by atoms with Crippen LogP contribution in [-0.2, 0) is 19.4 Å². The van der Waals surface area contributed by atoms with Gasteiger partial charge in [0.2, 0.25) is 0 Å². The molecule has 3 heterocycles. The van der Waals surface area contributed by atoms with Crippen molar-refractivity contribution in [3.8, 4) is 0 Å². The molecule has 0 saturated carbocycles. The SMILES string of the molecule is O=C(Nc1sc2c(c1C(=O)NCc1ccncc1)CCCCC2)c1cccnc1. The third kappa shape index (κ3) is 4.51. The maximum atomic E-state index is 13.1. The van der Waals surface area contributed by atoms with Gasteiger partial charge in [-0.25, -0.2) is 0 Å². The Morgan fingerprint density at radius 3 is 2.59 bits per heavy atom. The van der Waals surface area contributed by atoms with Gasteiger partial charge < -0.3 is 10.6 Å². The summed E-state index contributed by atoms with van der Waals surface area (Å²) in [5, 5.41) is 6.58. The Hall–Kier alpha value is -3.06. The molecular formula is C22H22N4O2S. The molecule has 2 N–H and O–H groups in total. The van der Waals surface area contributed by atoms with Crippen molar-refractivity contribution in [3.63, 3.8) is 0 Å². The van der Waals surface area contributed by atoms with Gasteiger partial charge in [-0.05, 0) is 61.1 Å². The normalized spacial score (nSPS) is 13.2. The highest BCUT2D eigenvalue weighted by Gasteiger charge is 2.25. The summed E-state index contributed by atoms with van der Waals surface area (Å²) in [7, 11) is 0. The minimum absolute atomic E-state index is 0.150. The van der Waals surface area contributed by atoms with Crippen molar-refractivity contribution >= 4 is 28.2 Å². The number of carbonyl (C=O) groups is 2. The molecule has 0 fully saturated rings. The smallest absolute Gasteiger partial charge is 0.257 e. The highest BCUT2D eigenvalue weighted by atomic mass is 32.1. The molecule has 7 heteroatoms. The minimum Gasteiger partial charge on any atom is -0.348 e. The number of rotatable bonds is 5. The van der Waals surface area contributed by atoms with Gasteiger partial charge in [0.05, 0.1) is 11.1 Å². The zero-order valence-corrected chi connectivity index (χ0v) is 16.8. The van der Waals surface area contributed by atoms with E-state index >= 15 is 0 Å². The lowest BCUT2D eigenvalue weighted by Gasteiger charge is -2.10. The van der Waals surface area contributed by atoms with Crippen LogP contribution in [0.25, 0.3) is 0 Å². The first-order valence-electron chi connectivity index (χ1n) is 9.75. The van der Waals surface area contributed by atoms with Crippen LogP contribution in [0, 0.1) is 0 Å². The number of pyridine rings is 2. The highest BCUT2D eigenvalue weighted by molar-refractivity contribution is 7.17. The van der Waals surface area contributed by atoms with Crippen molar-refractivity contribution in [1.29, 1.82) is 0 Å². The van der Waals surface area contributed by atoms with Gasteiger partial charge in [-0.3, -0.25) is 19.6 Å². The predicted octanol–water partition coefficient (Wildman–Crippen LogP) is 3.99. The first-order valence-corrected chi connectivity index (χ1v) is 10.6. The number of aromatic nitrogens is 2. The number of fused-ring (bicyclic) bond motifs is 1. The molecule has 3 aromatic heterocycles. The lowest BCUT2D eigenvalue weighted by Crippen LogP contribution is -2.25. The van der Waals surface area contributed by atoms with Gasteiger partial charge in [-0.15, -0.1) is 11.3 Å². The predicted molar refractivity (Wildman–Crippen MR) is 113 cm³/mol. The molecule has 29 heavy (non-hydrogen) atoms. The van der Waals surface area contributed by atoms with E-state index in [1.165, 1.54) is 22.4 Å². The molecule has 2 amide bonds. The third-order valence-corrected chi connectivity index (χ3v) is 6.21. The Morgan fingerprint density at radius 1 is 0.966 bits per heavy atom. The number of nitrogens with one attached hydrogen (secondary N) is 2. The van der Waals surface area contributed by atoms with Gasteiger partial charge in [0.25, 0.3) is 11.8 Å². The second-order valence-electron chi connectivity index (χ2n) is 7.00. The first kappa shape index (κ1) is 19.3. The molecule has 0 aromatic carbocycles. The lowest BCUT2D eigenvalue weighted by atomic mass is 10.0. The average Bonchev–Trinajstić information content (AvgIpc) is 2.93. The molecule has 0 spiro atoms. The minimum atomic E-state index is -0.252. The summed E-state index contributed by atoms with van der Waals surface area (Å²) >= 11 is 1.53. The van der Waals surface area contributed by atoms with Crippen LogP contribution in [0.15, 0.2) is 49.1 Å². The molecular weight excluding hydrogens is 384 g/mol. The molecule has 0 atom stereocenters. The number of thiophene rings is 1. The molecule has 0 radical (unpaired) electrons. The Bertz CT molecular complexity index is 1000. The molecule has 6 nitrogen and oxygen atoms in total. The number of aryl methyl sites for hydroxylation is 1. The zero-order chi connectivity index (χ0) is 20.1. The Kier molecular flexibility index (Phi) is 5.95. The summed E-state index contributed by atoms with van der Waals surface area (Å²) in [5.74, 6) is -0.402. The second-order valence-corrected chi connectivity index (χ2v) is 8.11. The summed E-state index contributed by atoms with van der Waals surface area (Å²) in [6.45, 7) is 0.419. The van der Waals surface area contributed by atoms with E-state index in [0.29, 0.717) is 22.7 Å². The molecule has 0 unspecified atom stereocenters. The largest absolute Gasteiger partial charge is 0.348 e. The number of nitrogens with zero attached hydrogens (tertiary/aromatic N) is 2. The van der Waals surface area contributed by atoms with E-state index in [-0.39, 0.29) is 11.8 Å². The van der Waals surface area contributed by atoms with Crippen molar-refractivity contribution < 1.29 is 9.59 Å². The van der Waals surface area contributed by atoms with Crippen molar-refractivity contribution in [3.05, 3.63) is 76.2 Å². The van der Waals surface area contributed by atoms with E-state index in [1.54, 1.807) is 30.7 Å². The number of anilines is 1. The van der Waals surface area contributed by atoms with Crippen LogP contribution >= 0.6 is 11.3 Å². The van der Waals surface area contributed by atoms with Gasteiger partial charge in [-0.1, -0.05) is 6.42 Å². The summed E-state index contributed by atoms with van der Waals surface area (Å²) < 4.78 is 0. The summed E-state index contributed by atoms with van der Waals surface area (Å²) in [6, 6.07) is 7.18. The number of hydrogen-bond acceptors (Lipinski definition) is 5. The quantitative estimate of drug-likeness (QED) is 0.628. The summed E-state index contributed by atoms with van der Waals surface area (Å²) in [4.78, 5) is 35.0. The van der Waals surface area contributed by atoms with Crippen molar-refractivity contribution in [2.75, 3.05) is 5.32 Å². The molecule has 1 aliphatic rings. The van der Waals surface area contributed by atoms with Crippen LogP contribution in [0.4, 0.5) is 5.00 Å². The van der Waals surface area contributed by atoms with E-state index in [1.807, 2.05) is 12.1 Å². The van der Waals surface area contributed by atoms with Gasteiger partial charge in [0, 0.05) is 36.2 Å². The fourth-order valence-corrected chi connectivity index (χ4v) is 4.80. The molecule has 0 bridgehead atoms. The van der Waals surface area contributed by atoms with Gasteiger partial charge in [0.15, 0.2) is 0 Å². The van der Waals surface area contributed by atoms with Crippen molar-refractivity contribution in [2.45, 2.75) is 38.6 Å². The van der Waals surface area contributed by atoms with Crippen molar-refractivity contribution in [2.24, 2.45) is 0 Å². The summed E-state index contributed by atoms with van der Waals surface area (Å²) in [5.41, 5.74) is 3.15. The van der Waals surface area contributed by atoms with Gasteiger partial charge >= 0.3 is 0 Å². The van der Waals surface area contributed by atoms with Crippen LogP contribution < -0.4 is 10.6 Å². The lowest BCUT2D eigenvalue weighted by molar-refractivity contribution is 0.0951. The zero-order valence-electron chi connectivity index (χ0n) is 16.0. The molecule has 148 valence electrons. The Labute approximate surface area is 173 Å². The molecule has 3 aromatic rings. The monoisotopic (exact) mass is 406 g/mol. The molecule has 0 saturated heterocycles. The van der Waals surface area contributed by atoms with Crippen molar-refractivity contribution in [1.82, 2.24) is 15.3 Å². The van der Waals surface area contributed by atoms with Crippen LogP contribution in [0.3, 0.4) is 0 Å². The van der Waals surface area contributed by atoms with Gasteiger partial charge in [0.1, 0.15) is 5.00 Å². The third-order valence-electron chi connectivity index (χ3n) is 5.00. The summed E-state index contributed by atoms with van der Waals surface area (Å²) in [6.07, 6.45) is 11.7. The molecule has 1 aliphatic carbocycles. The number of hydrogen-bond donors (Lipinski definition) is 2. The number of carbonyl (C=O) groups excluding carboxylic acids is 2.